The van der Waals surface area contributed by atoms with Gasteiger partial charge in [0, 0.05) is 16.6 Å². The van der Waals surface area contributed by atoms with Crippen molar-refractivity contribution in [3.05, 3.63) is 76.4 Å². The van der Waals surface area contributed by atoms with E-state index in [0.717, 1.165) is 5.56 Å². The summed E-state index contributed by atoms with van der Waals surface area (Å²) in [6.45, 7) is 0.743. The van der Waals surface area contributed by atoms with Crippen LogP contribution >= 0.6 is 15.9 Å². The van der Waals surface area contributed by atoms with Crippen molar-refractivity contribution in [3.63, 3.8) is 0 Å². The Morgan fingerprint density at radius 2 is 1.68 bits per heavy atom. The van der Waals surface area contributed by atoms with Gasteiger partial charge in [-0.3, -0.25) is 4.79 Å². The first-order chi connectivity index (χ1) is 19.5. The number of nitrogens with zero attached hydrogens (tertiary/aromatic N) is 4. The van der Waals surface area contributed by atoms with Crippen LogP contribution in [0.3, 0.4) is 0 Å². The van der Waals surface area contributed by atoms with E-state index in [2.05, 4.69) is 36.8 Å². The standard InChI is InChI=1S/C28H28BrN5O6/c1-36-19-14-25(38-3)27(26(15-19)39-4)22-17-34(33-31-22)11-12-40-23-10-9-18(13-24(23)37-2)16-30-32-28(35)20-7-5-6-8-21(20)29/h5-10,13-17H,11-12H2,1-4H3,(H,32,35)/b30-16+. The highest BCUT2D eigenvalue weighted by molar-refractivity contribution is 9.10. The van der Waals surface area contributed by atoms with E-state index >= 15 is 0 Å². The maximum absolute atomic E-state index is 12.3. The van der Waals surface area contributed by atoms with Crippen LogP contribution in [0.2, 0.25) is 0 Å². The van der Waals surface area contributed by atoms with Gasteiger partial charge in [-0.05, 0) is 51.8 Å². The van der Waals surface area contributed by atoms with Crippen LogP contribution in [-0.4, -0.2) is 62.2 Å². The van der Waals surface area contributed by atoms with Crippen molar-refractivity contribution in [2.24, 2.45) is 5.10 Å². The van der Waals surface area contributed by atoms with Gasteiger partial charge < -0.3 is 23.7 Å². The third-order valence-corrected chi connectivity index (χ3v) is 6.47. The number of hydrazone groups is 1. The number of carbonyl (C=O) groups excluding carboxylic acids is 1. The Bertz CT molecular complexity index is 1480. The Hall–Kier alpha value is -4.58. The molecule has 0 bridgehead atoms. The zero-order valence-electron chi connectivity index (χ0n) is 22.4. The number of methoxy groups -OCH3 is 4. The highest BCUT2D eigenvalue weighted by Crippen LogP contribution is 2.40. The second kappa shape index (κ2) is 13.5. The summed E-state index contributed by atoms with van der Waals surface area (Å²) in [6, 6.07) is 16.0. The van der Waals surface area contributed by atoms with E-state index in [4.69, 9.17) is 23.7 Å². The van der Waals surface area contributed by atoms with Gasteiger partial charge in [0.05, 0.1) is 58.5 Å². The van der Waals surface area contributed by atoms with E-state index in [1.54, 1.807) is 81.8 Å². The third kappa shape index (κ3) is 6.70. The molecule has 1 amide bonds. The van der Waals surface area contributed by atoms with E-state index in [0.29, 0.717) is 63.2 Å². The van der Waals surface area contributed by atoms with Gasteiger partial charge in [-0.25, -0.2) is 10.1 Å². The monoisotopic (exact) mass is 609 g/mol. The average molecular weight is 610 g/mol. The fourth-order valence-corrected chi connectivity index (χ4v) is 4.25. The molecule has 4 rings (SSSR count). The zero-order valence-corrected chi connectivity index (χ0v) is 24.0. The number of aromatic nitrogens is 3. The highest BCUT2D eigenvalue weighted by atomic mass is 79.9. The van der Waals surface area contributed by atoms with Gasteiger partial charge in [0.1, 0.15) is 29.5 Å². The van der Waals surface area contributed by atoms with E-state index in [9.17, 15) is 4.79 Å². The van der Waals surface area contributed by atoms with Crippen LogP contribution in [0, 0.1) is 0 Å². The molecule has 0 atom stereocenters. The predicted molar refractivity (Wildman–Crippen MR) is 153 cm³/mol. The molecule has 0 aliphatic rings. The maximum atomic E-state index is 12.3. The molecule has 40 heavy (non-hydrogen) atoms. The van der Waals surface area contributed by atoms with Gasteiger partial charge in [-0.15, -0.1) is 5.10 Å². The van der Waals surface area contributed by atoms with Crippen molar-refractivity contribution in [2.45, 2.75) is 6.54 Å². The van der Waals surface area contributed by atoms with Crippen LogP contribution in [0.1, 0.15) is 15.9 Å². The van der Waals surface area contributed by atoms with Gasteiger partial charge in [-0.1, -0.05) is 17.3 Å². The van der Waals surface area contributed by atoms with Crippen molar-refractivity contribution in [2.75, 3.05) is 35.0 Å². The second-order valence-electron chi connectivity index (χ2n) is 8.21. The minimum absolute atomic E-state index is 0.311. The van der Waals surface area contributed by atoms with Crippen molar-refractivity contribution in [1.82, 2.24) is 20.4 Å². The lowest BCUT2D eigenvalue weighted by atomic mass is 10.1. The highest BCUT2D eigenvalue weighted by Gasteiger charge is 2.18. The first kappa shape index (κ1) is 28.4. The fraction of sp³-hybridized carbons (Fsp3) is 0.214. The van der Waals surface area contributed by atoms with E-state index in [-0.39, 0.29) is 5.91 Å². The number of nitrogens with one attached hydrogen (secondary N) is 1. The largest absolute Gasteiger partial charge is 0.496 e. The quantitative estimate of drug-likeness (QED) is 0.183. The molecule has 0 unspecified atom stereocenters. The van der Waals surface area contributed by atoms with Crippen molar-refractivity contribution in [1.29, 1.82) is 0 Å². The number of hydrogen-bond donors (Lipinski definition) is 1. The second-order valence-corrected chi connectivity index (χ2v) is 9.07. The van der Waals surface area contributed by atoms with Crippen molar-refractivity contribution in [3.8, 4) is 40.0 Å². The Kier molecular flexibility index (Phi) is 9.57. The van der Waals surface area contributed by atoms with Gasteiger partial charge in [0.25, 0.3) is 5.91 Å². The SMILES string of the molecule is COc1cc(OC)c(-c2cn(CCOc3ccc(/C=N/NC(=O)c4ccccc4Br)cc3OC)nn2)c(OC)c1. The molecule has 4 aromatic rings. The zero-order chi connectivity index (χ0) is 28.5. The molecule has 1 heterocycles. The molecule has 1 aromatic heterocycles. The van der Waals surface area contributed by atoms with Crippen molar-refractivity contribution >= 4 is 28.1 Å². The van der Waals surface area contributed by atoms with Gasteiger partial charge in [-0.2, -0.15) is 5.10 Å². The Morgan fingerprint density at radius 3 is 2.35 bits per heavy atom. The number of hydrogen-bond acceptors (Lipinski definition) is 9. The molecular formula is C28H28BrN5O6. The third-order valence-electron chi connectivity index (χ3n) is 5.77. The minimum Gasteiger partial charge on any atom is -0.496 e. The molecule has 0 radical (unpaired) electrons. The topological polar surface area (TPSA) is 118 Å². The molecule has 1 N–H and O–H groups in total. The Morgan fingerprint density at radius 1 is 0.950 bits per heavy atom. The molecule has 11 nitrogen and oxygen atoms in total. The van der Waals surface area contributed by atoms with Gasteiger partial charge in [0.2, 0.25) is 0 Å². The summed E-state index contributed by atoms with van der Waals surface area (Å²) in [4.78, 5) is 12.3. The van der Waals surface area contributed by atoms with Crippen molar-refractivity contribution < 1.29 is 28.5 Å². The number of rotatable bonds is 12. The molecule has 0 fully saturated rings. The van der Waals surface area contributed by atoms with Crippen LogP contribution in [0.4, 0.5) is 0 Å². The normalized spacial score (nSPS) is 10.8. The molecule has 0 spiro atoms. The van der Waals surface area contributed by atoms with Crippen LogP contribution in [0.15, 0.2) is 70.4 Å². The summed E-state index contributed by atoms with van der Waals surface area (Å²) in [5, 5.41) is 12.5. The lowest BCUT2D eigenvalue weighted by Crippen LogP contribution is -2.18. The molecule has 12 heteroatoms. The molecule has 0 saturated heterocycles. The van der Waals surface area contributed by atoms with E-state index in [1.807, 2.05) is 12.1 Å². The summed E-state index contributed by atoms with van der Waals surface area (Å²) in [6.07, 6.45) is 3.31. The first-order valence-electron chi connectivity index (χ1n) is 12.1. The van der Waals surface area contributed by atoms with Gasteiger partial charge >= 0.3 is 0 Å². The minimum atomic E-state index is -0.323. The molecule has 0 aliphatic carbocycles. The van der Waals surface area contributed by atoms with Crippen LogP contribution in [0.5, 0.6) is 28.7 Å². The number of carbonyl (C=O) groups is 1. The molecular weight excluding hydrogens is 582 g/mol. The van der Waals surface area contributed by atoms with E-state index < -0.39 is 0 Å². The summed E-state index contributed by atoms with van der Waals surface area (Å²) in [5.41, 5.74) is 4.99. The summed E-state index contributed by atoms with van der Waals surface area (Å²) >= 11 is 3.36. The Labute approximate surface area is 239 Å². The van der Waals surface area contributed by atoms with E-state index in [1.165, 1.54) is 6.21 Å². The van der Waals surface area contributed by atoms with Crippen LogP contribution in [0.25, 0.3) is 11.3 Å². The smallest absolute Gasteiger partial charge is 0.272 e. The molecule has 0 saturated carbocycles. The number of amides is 1. The summed E-state index contributed by atoms with van der Waals surface area (Å²) in [5.74, 6) is 2.47. The summed E-state index contributed by atoms with van der Waals surface area (Å²) < 4.78 is 30.1. The lowest BCUT2D eigenvalue weighted by molar-refractivity contribution is 0.0954. The van der Waals surface area contributed by atoms with Gasteiger partial charge in [0.15, 0.2) is 11.5 Å². The molecule has 3 aromatic carbocycles. The number of benzene rings is 3. The molecule has 208 valence electrons. The van der Waals surface area contributed by atoms with Crippen LogP contribution in [-0.2, 0) is 6.54 Å². The fourth-order valence-electron chi connectivity index (χ4n) is 3.78. The first-order valence-corrected chi connectivity index (χ1v) is 12.9. The Balaban J connectivity index is 1.38. The molecule has 0 aliphatic heterocycles. The lowest BCUT2D eigenvalue weighted by Gasteiger charge is -2.13. The number of ether oxygens (including phenoxy) is 5. The predicted octanol–water partition coefficient (Wildman–Crippen LogP) is 4.58. The van der Waals surface area contributed by atoms with Crippen LogP contribution < -0.4 is 29.1 Å². The maximum Gasteiger partial charge on any atom is 0.272 e. The average Bonchev–Trinajstić information content (AvgIpc) is 3.45. The summed E-state index contributed by atoms with van der Waals surface area (Å²) in [7, 11) is 6.27. The number of halogens is 1.